The summed E-state index contributed by atoms with van der Waals surface area (Å²) in [6.45, 7) is 2.46. The maximum absolute atomic E-state index is 14.0. The van der Waals surface area contributed by atoms with Crippen LogP contribution in [0.3, 0.4) is 0 Å². The Morgan fingerprint density at radius 3 is 2.52 bits per heavy atom. The lowest BCUT2D eigenvalue weighted by Gasteiger charge is -2.25. The lowest BCUT2D eigenvalue weighted by molar-refractivity contribution is -0.384. The molecule has 0 aliphatic rings. The molecule has 2 aromatic rings. The maximum atomic E-state index is 14.0. The molecule has 0 heterocycles. The monoisotopic (exact) mass is 352 g/mol. The Morgan fingerprint density at radius 2 is 1.95 bits per heavy atom. The summed E-state index contributed by atoms with van der Waals surface area (Å²) in [6.07, 6.45) is 0. The smallest absolute Gasteiger partial charge is 0.269 e. The number of para-hydroxylation sites is 1. The molecule has 0 radical (unpaired) electrons. The molecule has 0 saturated carbocycles. The van der Waals surface area contributed by atoms with Crippen LogP contribution < -0.4 is 4.90 Å². The van der Waals surface area contributed by atoms with E-state index in [0.29, 0.717) is 17.6 Å². The van der Waals surface area contributed by atoms with Crippen LogP contribution in [0.15, 0.2) is 42.5 Å². The first-order valence-corrected chi connectivity index (χ1v) is 7.56. The summed E-state index contributed by atoms with van der Waals surface area (Å²) >= 11 is 3.34. The van der Waals surface area contributed by atoms with Crippen molar-refractivity contribution in [3.63, 3.8) is 0 Å². The van der Waals surface area contributed by atoms with Gasteiger partial charge in [-0.2, -0.15) is 0 Å². The summed E-state index contributed by atoms with van der Waals surface area (Å²) in [7, 11) is 0. The molecule has 0 bridgehead atoms. The molecule has 0 amide bonds. The van der Waals surface area contributed by atoms with Gasteiger partial charge in [0.05, 0.1) is 10.6 Å². The van der Waals surface area contributed by atoms with Gasteiger partial charge in [0.1, 0.15) is 5.82 Å². The molecule has 0 fully saturated rings. The summed E-state index contributed by atoms with van der Waals surface area (Å²) in [5, 5.41) is 11.3. The van der Waals surface area contributed by atoms with Gasteiger partial charge in [0.15, 0.2) is 0 Å². The largest absolute Gasteiger partial charge is 0.339 e. The SMILES string of the molecule is CCN(c1ccccc1F)c1ccc([N+](=O)[O-])cc1CBr. The molecule has 0 spiro atoms. The summed E-state index contributed by atoms with van der Waals surface area (Å²) in [4.78, 5) is 12.2. The van der Waals surface area contributed by atoms with E-state index in [1.807, 2.05) is 6.92 Å². The molecule has 0 saturated heterocycles. The highest BCUT2D eigenvalue weighted by Gasteiger charge is 2.17. The number of hydrogen-bond acceptors (Lipinski definition) is 3. The Labute approximate surface area is 130 Å². The van der Waals surface area contributed by atoms with Crippen LogP contribution in [0.25, 0.3) is 0 Å². The van der Waals surface area contributed by atoms with Crippen molar-refractivity contribution >= 4 is 33.0 Å². The van der Waals surface area contributed by atoms with Crippen molar-refractivity contribution in [3.05, 3.63) is 64.0 Å². The molecule has 0 aliphatic heterocycles. The topological polar surface area (TPSA) is 46.4 Å². The lowest BCUT2D eigenvalue weighted by atomic mass is 10.1. The molecular formula is C15H14BrFN2O2. The van der Waals surface area contributed by atoms with E-state index in [0.717, 1.165) is 11.3 Å². The van der Waals surface area contributed by atoms with E-state index in [1.54, 1.807) is 29.2 Å². The lowest BCUT2D eigenvalue weighted by Crippen LogP contribution is -2.18. The Morgan fingerprint density at radius 1 is 1.24 bits per heavy atom. The van der Waals surface area contributed by atoms with Crippen molar-refractivity contribution in [3.8, 4) is 0 Å². The highest BCUT2D eigenvalue weighted by molar-refractivity contribution is 9.08. The number of nitro benzene ring substituents is 1. The predicted molar refractivity (Wildman–Crippen MR) is 84.8 cm³/mol. The van der Waals surface area contributed by atoms with Crippen molar-refractivity contribution in [1.29, 1.82) is 0 Å². The number of non-ortho nitro benzene ring substituents is 1. The minimum absolute atomic E-state index is 0.0257. The van der Waals surface area contributed by atoms with Crippen LogP contribution in [-0.4, -0.2) is 11.5 Å². The number of benzene rings is 2. The van der Waals surface area contributed by atoms with E-state index < -0.39 is 4.92 Å². The van der Waals surface area contributed by atoms with E-state index in [1.165, 1.54) is 18.2 Å². The summed E-state index contributed by atoms with van der Waals surface area (Å²) in [5.41, 5.74) is 1.98. The van der Waals surface area contributed by atoms with Gasteiger partial charge in [-0.3, -0.25) is 10.1 Å². The third kappa shape index (κ3) is 3.21. The molecule has 110 valence electrons. The number of nitrogens with zero attached hydrogens (tertiary/aromatic N) is 2. The minimum atomic E-state index is -0.435. The van der Waals surface area contributed by atoms with Crippen molar-refractivity contribution in [1.82, 2.24) is 0 Å². The normalized spacial score (nSPS) is 10.4. The Balaban J connectivity index is 2.52. The van der Waals surface area contributed by atoms with Gasteiger partial charge >= 0.3 is 0 Å². The van der Waals surface area contributed by atoms with Crippen LogP contribution in [0.2, 0.25) is 0 Å². The molecule has 2 aromatic carbocycles. The van der Waals surface area contributed by atoms with Gasteiger partial charge in [-0.25, -0.2) is 4.39 Å². The zero-order valence-electron chi connectivity index (χ0n) is 11.4. The molecule has 0 N–H and O–H groups in total. The third-order valence-corrected chi connectivity index (χ3v) is 3.77. The predicted octanol–water partition coefficient (Wildman–Crippen LogP) is 4.79. The average molecular weight is 353 g/mol. The zero-order chi connectivity index (χ0) is 15.4. The van der Waals surface area contributed by atoms with E-state index in [-0.39, 0.29) is 11.5 Å². The van der Waals surface area contributed by atoms with Crippen LogP contribution in [0.4, 0.5) is 21.5 Å². The number of anilines is 2. The van der Waals surface area contributed by atoms with Gasteiger partial charge in [0.25, 0.3) is 5.69 Å². The number of nitro groups is 1. The van der Waals surface area contributed by atoms with Gasteiger partial charge in [-0.1, -0.05) is 28.1 Å². The second-order valence-corrected chi connectivity index (χ2v) is 4.96. The zero-order valence-corrected chi connectivity index (χ0v) is 13.0. The molecule has 2 rings (SSSR count). The molecule has 4 nitrogen and oxygen atoms in total. The van der Waals surface area contributed by atoms with Crippen LogP contribution in [0.5, 0.6) is 0 Å². The summed E-state index contributed by atoms with van der Waals surface area (Å²) in [5.74, 6) is -0.321. The van der Waals surface area contributed by atoms with Gasteiger partial charge < -0.3 is 4.90 Å². The van der Waals surface area contributed by atoms with Gasteiger partial charge in [0, 0.05) is 29.7 Å². The van der Waals surface area contributed by atoms with Gasteiger partial charge in [-0.05, 0) is 30.7 Å². The molecule has 0 aromatic heterocycles. The number of rotatable bonds is 5. The molecule has 6 heteroatoms. The molecule has 0 unspecified atom stereocenters. The first kappa shape index (κ1) is 15.4. The fourth-order valence-corrected chi connectivity index (χ4v) is 2.65. The fourth-order valence-electron chi connectivity index (χ4n) is 2.20. The quantitative estimate of drug-likeness (QED) is 0.441. The second-order valence-electron chi connectivity index (χ2n) is 4.40. The third-order valence-electron chi connectivity index (χ3n) is 3.17. The Kier molecular flexibility index (Phi) is 4.90. The summed E-state index contributed by atoms with van der Waals surface area (Å²) < 4.78 is 14.0. The first-order chi connectivity index (χ1) is 10.1. The number of hydrogen-bond donors (Lipinski definition) is 0. The number of alkyl halides is 1. The number of halogens is 2. The van der Waals surface area contributed by atoms with Crippen molar-refractivity contribution in [2.24, 2.45) is 0 Å². The highest BCUT2D eigenvalue weighted by atomic mass is 79.9. The molecule has 0 aliphatic carbocycles. The molecular weight excluding hydrogens is 339 g/mol. The summed E-state index contributed by atoms with van der Waals surface area (Å²) in [6, 6.07) is 11.1. The van der Waals surface area contributed by atoms with Crippen molar-refractivity contribution < 1.29 is 9.31 Å². The highest BCUT2D eigenvalue weighted by Crippen LogP contribution is 2.33. The van der Waals surface area contributed by atoms with Gasteiger partial charge in [0.2, 0.25) is 0 Å². The van der Waals surface area contributed by atoms with Crippen molar-refractivity contribution in [2.75, 3.05) is 11.4 Å². The fraction of sp³-hybridized carbons (Fsp3) is 0.200. The average Bonchev–Trinajstić information content (AvgIpc) is 2.49. The van der Waals surface area contributed by atoms with Crippen molar-refractivity contribution in [2.45, 2.75) is 12.3 Å². The van der Waals surface area contributed by atoms with E-state index in [9.17, 15) is 14.5 Å². The minimum Gasteiger partial charge on any atom is -0.339 e. The first-order valence-electron chi connectivity index (χ1n) is 6.43. The van der Waals surface area contributed by atoms with Crippen LogP contribution in [0.1, 0.15) is 12.5 Å². The van der Waals surface area contributed by atoms with Gasteiger partial charge in [-0.15, -0.1) is 0 Å². The maximum Gasteiger partial charge on any atom is 0.269 e. The van der Waals surface area contributed by atoms with E-state index >= 15 is 0 Å². The molecule has 0 atom stereocenters. The van der Waals surface area contributed by atoms with E-state index in [4.69, 9.17) is 0 Å². The Bertz CT molecular complexity index is 664. The van der Waals surface area contributed by atoms with Crippen LogP contribution in [0, 0.1) is 15.9 Å². The second kappa shape index (κ2) is 6.67. The van der Waals surface area contributed by atoms with Crippen LogP contribution in [-0.2, 0) is 5.33 Å². The Hall–Kier alpha value is -1.95. The van der Waals surface area contributed by atoms with Crippen LogP contribution >= 0.6 is 15.9 Å². The standard InChI is InChI=1S/C15H14BrFN2O2/c1-2-18(15-6-4-3-5-13(15)17)14-8-7-12(19(20)21)9-11(14)10-16/h3-9H,2,10H2,1H3. The van der Waals surface area contributed by atoms with E-state index in [2.05, 4.69) is 15.9 Å². The molecule has 21 heavy (non-hydrogen) atoms.